The van der Waals surface area contributed by atoms with E-state index in [9.17, 15) is 4.39 Å². The fourth-order valence-electron chi connectivity index (χ4n) is 2.30. The van der Waals surface area contributed by atoms with E-state index >= 15 is 0 Å². The molecule has 2 N–H and O–H groups in total. The van der Waals surface area contributed by atoms with Gasteiger partial charge < -0.3 is 5.48 Å². The van der Waals surface area contributed by atoms with Crippen LogP contribution in [0.25, 0.3) is 0 Å². The third kappa shape index (κ3) is 5.03. The Morgan fingerprint density at radius 1 is 1.24 bits per heavy atom. The van der Waals surface area contributed by atoms with Crippen LogP contribution >= 0.6 is 0 Å². The van der Waals surface area contributed by atoms with Crippen molar-refractivity contribution in [2.45, 2.75) is 67.0 Å². The molecule has 0 unspecified atom stereocenters. The van der Waals surface area contributed by atoms with Crippen molar-refractivity contribution in [3.63, 3.8) is 0 Å². The van der Waals surface area contributed by atoms with Crippen LogP contribution in [0.3, 0.4) is 0 Å². The third-order valence-corrected chi connectivity index (χ3v) is 2.99. The van der Waals surface area contributed by atoms with Crippen molar-refractivity contribution in [1.82, 2.24) is 0 Å². The van der Waals surface area contributed by atoms with Gasteiger partial charge in [-0.25, -0.2) is 4.39 Å². The number of rotatable bonds is 2. The van der Waals surface area contributed by atoms with Gasteiger partial charge in [-0.05, 0) is 50.7 Å². The van der Waals surface area contributed by atoms with Gasteiger partial charge in [0.15, 0.2) is 0 Å². The van der Waals surface area contributed by atoms with Crippen LogP contribution in [0.15, 0.2) is 22.8 Å². The van der Waals surface area contributed by atoms with E-state index in [-0.39, 0.29) is 5.48 Å². The smallest absolute Gasteiger partial charge is 0.130 e. The molecule has 0 radical (unpaired) electrons. The first-order valence-corrected chi connectivity index (χ1v) is 6.43. The lowest BCUT2D eigenvalue weighted by Gasteiger charge is -2.27. The van der Waals surface area contributed by atoms with Crippen molar-refractivity contribution in [3.8, 4) is 0 Å². The van der Waals surface area contributed by atoms with Crippen molar-refractivity contribution in [2.24, 2.45) is 5.92 Å². The topological polar surface area (TPSA) is 31.5 Å². The summed E-state index contributed by atoms with van der Waals surface area (Å²) < 4.78 is 13.9. The molecule has 0 aromatic carbocycles. The molecule has 0 atom stereocenters. The molecule has 0 amide bonds. The summed E-state index contributed by atoms with van der Waals surface area (Å²) in [5.41, 5.74) is 2.31. The summed E-state index contributed by atoms with van der Waals surface area (Å²) in [5, 5.41) is 0. The minimum absolute atomic E-state index is 0. The summed E-state index contributed by atoms with van der Waals surface area (Å²) in [4.78, 5) is 0. The van der Waals surface area contributed by atoms with Crippen LogP contribution in [-0.2, 0) is 0 Å². The maximum Gasteiger partial charge on any atom is 0.130 e. The van der Waals surface area contributed by atoms with Crippen molar-refractivity contribution in [1.29, 1.82) is 0 Å². The summed E-state index contributed by atoms with van der Waals surface area (Å²) in [6.07, 6.45) is 4.15. The highest BCUT2D eigenvalue weighted by Crippen LogP contribution is 2.36. The van der Waals surface area contributed by atoms with E-state index in [1.54, 1.807) is 13.8 Å². The van der Waals surface area contributed by atoms with Gasteiger partial charge >= 0.3 is 0 Å². The maximum atomic E-state index is 13.9. The summed E-state index contributed by atoms with van der Waals surface area (Å²) in [6, 6.07) is 0. The van der Waals surface area contributed by atoms with Crippen molar-refractivity contribution in [3.05, 3.63) is 22.8 Å². The average molecular weight is 244 g/mol. The molecule has 0 aliphatic heterocycles. The zero-order chi connectivity index (χ0) is 12.9. The SMILES string of the molecule is CC.CC1=C(C(C)C)CCC=C1C(C)(C)F.O. The summed E-state index contributed by atoms with van der Waals surface area (Å²) >= 11 is 0. The van der Waals surface area contributed by atoms with E-state index in [0.29, 0.717) is 5.92 Å². The third-order valence-electron chi connectivity index (χ3n) is 2.99. The van der Waals surface area contributed by atoms with Crippen LogP contribution < -0.4 is 0 Å². The lowest BCUT2D eigenvalue weighted by molar-refractivity contribution is 0.269. The first-order valence-electron chi connectivity index (χ1n) is 6.43. The molecule has 0 aromatic rings. The fourth-order valence-corrected chi connectivity index (χ4v) is 2.30. The van der Waals surface area contributed by atoms with Crippen molar-refractivity contribution >= 4 is 0 Å². The van der Waals surface area contributed by atoms with Gasteiger partial charge in [0, 0.05) is 0 Å². The van der Waals surface area contributed by atoms with Crippen molar-refractivity contribution < 1.29 is 9.87 Å². The molecule has 0 saturated heterocycles. The highest BCUT2D eigenvalue weighted by Gasteiger charge is 2.27. The number of halogens is 1. The van der Waals surface area contributed by atoms with Gasteiger partial charge in [-0.15, -0.1) is 0 Å². The first-order chi connectivity index (χ1) is 7.34. The van der Waals surface area contributed by atoms with Gasteiger partial charge in [-0.2, -0.15) is 0 Å². The zero-order valence-corrected chi connectivity index (χ0v) is 12.4. The Morgan fingerprint density at radius 3 is 2.06 bits per heavy atom. The number of allylic oxidation sites excluding steroid dienone is 4. The van der Waals surface area contributed by atoms with Crippen LogP contribution in [0.2, 0.25) is 0 Å². The monoisotopic (exact) mass is 244 g/mol. The Balaban J connectivity index is 0. The van der Waals surface area contributed by atoms with Gasteiger partial charge in [0.1, 0.15) is 5.67 Å². The minimum atomic E-state index is -1.19. The van der Waals surface area contributed by atoms with E-state index in [1.807, 2.05) is 13.8 Å². The lowest BCUT2D eigenvalue weighted by Crippen LogP contribution is -2.20. The standard InChI is InChI=1S/C13H21F.C2H6.H2O/c1-9(2)11-7-6-8-12(10(11)3)13(4,5)14;1-2;/h8-9H,6-7H2,1-5H3;1-2H3;1H2. The van der Waals surface area contributed by atoms with Crippen LogP contribution in [0.1, 0.15) is 61.3 Å². The molecule has 102 valence electrons. The predicted molar refractivity (Wildman–Crippen MR) is 75.0 cm³/mol. The molecule has 1 rings (SSSR count). The van der Waals surface area contributed by atoms with E-state index in [4.69, 9.17) is 0 Å². The highest BCUT2D eigenvalue weighted by atomic mass is 19.1. The average Bonchev–Trinajstić information content (AvgIpc) is 2.19. The highest BCUT2D eigenvalue weighted by molar-refractivity contribution is 5.42. The van der Waals surface area contributed by atoms with Gasteiger partial charge in [-0.3, -0.25) is 0 Å². The lowest BCUT2D eigenvalue weighted by atomic mass is 9.81. The van der Waals surface area contributed by atoms with Gasteiger partial charge in [0.25, 0.3) is 0 Å². The molecule has 2 heteroatoms. The molecule has 0 heterocycles. The Bertz CT molecular complexity index is 280. The van der Waals surface area contributed by atoms with Gasteiger partial charge in [0.2, 0.25) is 0 Å². The van der Waals surface area contributed by atoms with Crippen LogP contribution in [0, 0.1) is 5.92 Å². The number of hydrogen-bond donors (Lipinski definition) is 0. The molecule has 0 fully saturated rings. The second-order valence-electron chi connectivity index (χ2n) is 4.93. The van der Waals surface area contributed by atoms with Crippen LogP contribution in [0.5, 0.6) is 0 Å². The molecule has 0 spiro atoms. The normalized spacial score (nSPS) is 15.9. The van der Waals surface area contributed by atoms with Gasteiger partial charge in [0.05, 0.1) is 0 Å². The van der Waals surface area contributed by atoms with E-state index in [2.05, 4.69) is 26.8 Å². The number of hydrogen-bond acceptors (Lipinski definition) is 0. The van der Waals surface area contributed by atoms with Gasteiger partial charge in [-0.1, -0.05) is 39.3 Å². The molecule has 1 nitrogen and oxygen atoms in total. The Morgan fingerprint density at radius 2 is 1.71 bits per heavy atom. The summed E-state index contributed by atoms with van der Waals surface area (Å²) in [7, 11) is 0. The molecule has 1 aliphatic carbocycles. The zero-order valence-electron chi connectivity index (χ0n) is 12.4. The second kappa shape index (κ2) is 7.65. The Labute approximate surface area is 106 Å². The molecular weight excluding hydrogens is 215 g/mol. The first kappa shape index (κ1) is 18.7. The predicted octanol–water partition coefficient (Wildman–Crippen LogP) is 4.63. The molecule has 0 bridgehead atoms. The molecule has 0 saturated carbocycles. The van der Waals surface area contributed by atoms with E-state index in [1.165, 1.54) is 11.1 Å². The molecular formula is C15H29FO. The minimum Gasteiger partial charge on any atom is -0.412 e. The fraction of sp³-hybridized carbons (Fsp3) is 0.733. The maximum absolute atomic E-state index is 13.9. The van der Waals surface area contributed by atoms with Crippen molar-refractivity contribution in [2.75, 3.05) is 0 Å². The second-order valence-corrected chi connectivity index (χ2v) is 4.93. The van der Waals surface area contributed by atoms with E-state index < -0.39 is 5.67 Å². The summed E-state index contributed by atoms with van der Waals surface area (Å²) in [5.74, 6) is 0.543. The number of alkyl halides is 1. The molecule has 17 heavy (non-hydrogen) atoms. The summed E-state index contributed by atoms with van der Waals surface area (Å²) in [6.45, 7) is 13.7. The molecule has 1 aliphatic rings. The Kier molecular flexibility index (Phi) is 8.43. The quantitative estimate of drug-likeness (QED) is 0.678. The Hall–Kier alpha value is -0.630. The molecule has 0 aromatic heterocycles. The van der Waals surface area contributed by atoms with Crippen LogP contribution in [-0.4, -0.2) is 11.1 Å². The largest absolute Gasteiger partial charge is 0.412 e. The van der Waals surface area contributed by atoms with Crippen LogP contribution in [0.4, 0.5) is 4.39 Å². The van der Waals surface area contributed by atoms with E-state index in [0.717, 1.165) is 18.4 Å².